The van der Waals surface area contributed by atoms with E-state index < -0.39 is 10.9 Å². The molecule has 0 aliphatic carbocycles. The van der Waals surface area contributed by atoms with Crippen molar-refractivity contribution in [1.29, 1.82) is 0 Å². The molecule has 0 fully saturated rings. The normalized spacial score (nSPS) is 12.6. The predicted molar refractivity (Wildman–Crippen MR) is 104 cm³/mol. The fourth-order valence-corrected chi connectivity index (χ4v) is 3.25. The molecular formula is C22H17NO6. The Kier molecular flexibility index (Phi) is 5.22. The summed E-state index contributed by atoms with van der Waals surface area (Å²) in [4.78, 5) is 23.5. The summed E-state index contributed by atoms with van der Waals surface area (Å²) in [6.45, 7) is 0.101. The zero-order valence-electron chi connectivity index (χ0n) is 15.4. The molecule has 1 aliphatic heterocycles. The SMILES string of the molecule is O=C(OCc1cc([N+](=O)[O-])cc2c1OCOC2)c1ccccc1-c1ccccc1. The van der Waals surface area contributed by atoms with Gasteiger partial charge < -0.3 is 14.2 Å². The topological polar surface area (TPSA) is 87.9 Å². The number of rotatable bonds is 5. The lowest BCUT2D eigenvalue weighted by atomic mass is 10.00. The van der Waals surface area contributed by atoms with Crippen molar-refractivity contribution >= 4 is 11.7 Å². The Labute approximate surface area is 166 Å². The second kappa shape index (κ2) is 8.12. The molecule has 29 heavy (non-hydrogen) atoms. The highest BCUT2D eigenvalue weighted by atomic mass is 16.7. The van der Waals surface area contributed by atoms with Crippen LogP contribution in [0.15, 0.2) is 66.7 Å². The lowest BCUT2D eigenvalue weighted by Gasteiger charge is -2.20. The fourth-order valence-electron chi connectivity index (χ4n) is 3.25. The molecule has 7 nitrogen and oxygen atoms in total. The number of hydrogen-bond donors (Lipinski definition) is 0. The first-order valence-electron chi connectivity index (χ1n) is 8.96. The van der Waals surface area contributed by atoms with Crippen LogP contribution in [0.4, 0.5) is 5.69 Å². The summed E-state index contributed by atoms with van der Waals surface area (Å²) in [7, 11) is 0. The maximum absolute atomic E-state index is 12.8. The quantitative estimate of drug-likeness (QED) is 0.362. The van der Waals surface area contributed by atoms with Gasteiger partial charge in [-0.2, -0.15) is 0 Å². The van der Waals surface area contributed by atoms with E-state index in [1.807, 2.05) is 42.5 Å². The molecule has 0 atom stereocenters. The molecule has 3 aromatic carbocycles. The van der Waals surface area contributed by atoms with Gasteiger partial charge in [0.15, 0.2) is 6.79 Å². The van der Waals surface area contributed by atoms with Crippen LogP contribution in [0.2, 0.25) is 0 Å². The van der Waals surface area contributed by atoms with Crippen LogP contribution in [0, 0.1) is 10.1 Å². The number of hydrogen-bond acceptors (Lipinski definition) is 6. The summed E-state index contributed by atoms with van der Waals surface area (Å²) in [6, 6.07) is 19.4. The van der Waals surface area contributed by atoms with E-state index in [0.29, 0.717) is 22.4 Å². The molecule has 1 aliphatic rings. The van der Waals surface area contributed by atoms with Gasteiger partial charge in [-0.25, -0.2) is 4.79 Å². The number of nitro groups is 1. The average molecular weight is 391 g/mol. The van der Waals surface area contributed by atoms with Crippen molar-refractivity contribution in [3.63, 3.8) is 0 Å². The van der Waals surface area contributed by atoms with E-state index in [1.165, 1.54) is 12.1 Å². The van der Waals surface area contributed by atoms with Crippen LogP contribution < -0.4 is 4.74 Å². The maximum Gasteiger partial charge on any atom is 0.339 e. The van der Waals surface area contributed by atoms with E-state index in [2.05, 4.69) is 0 Å². The fraction of sp³-hybridized carbons (Fsp3) is 0.136. The van der Waals surface area contributed by atoms with Crippen LogP contribution >= 0.6 is 0 Å². The van der Waals surface area contributed by atoms with Crippen LogP contribution in [-0.4, -0.2) is 17.7 Å². The highest BCUT2D eigenvalue weighted by molar-refractivity contribution is 5.97. The van der Waals surface area contributed by atoms with Crippen LogP contribution in [-0.2, 0) is 22.7 Å². The third kappa shape index (κ3) is 3.95. The minimum atomic E-state index is -0.517. The van der Waals surface area contributed by atoms with Gasteiger partial charge in [-0.05, 0) is 17.2 Å². The third-order valence-electron chi connectivity index (χ3n) is 4.57. The van der Waals surface area contributed by atoms with E-state index in [-0.39, 0.29) is 25.7 Å². The van der Waals surface area contributed by atoms with Gasteiger partial charge >= 0.3 is 5.97 Å². The molecule has 0 radical (unpaired) electrons. The number of esters is 1. The highest BCUT2D eigenvalue weighted by Gasteiger charge is 2.22. The molecule has 0 N–H and O–H groups in total. The Morgan fingerprint density at radius 3 is 2.62 bits per heavy atom. The maximum atomic E-state index is 12.8. The summed E-state index contributed by atoms with van der Waals surface area (Å²) >= 11 is 0. The molecule has 0 saturated heterocycles. The molecule has 4 rings (SSSR count). The van der Waals surface area contributed by atoms with E-state index in [0.717, 1.165) is 11.1 Å². The average Bonchev–Trinajstić information content (AvgIpc) is 2.77. The minimum absolute atomic E-state index is 0.0442. The van der Waals surface area contributed by atoms with Gasteiger partial charge in [0.05, 0.1) is 17.1 Å². The molecule has 0 bridgehead atoms. The Hall–Kier alpha value is -3.71. The number of carbonyl (C=O) groups excluding carboxylic acids is 1. The van der Waals surface area contributed by atoms with Crippen LogP contribution in [0.3, 0.4) is 0 Å². The number of carbonyl (C=O) groups is 1. The van der Waals surface area contributed by atoms with Crippen LogP contribution in [0.25, 0.3) is 11.1 Å². The molecule has 7 heteroatoms. The first-order chi connectivity index (χ1) is 14.1. The largest absolute Gasteiger partial charge is 0.467 e. The van der Waals surface area contributed by atoms with E-state index in [1.54, 1.807) is 12.1 Å². The van der Waals surface area contributed by atoms with Crippen molar-refractivity contribution in [1.82, 2.24) is 0 Å². The van der Waals surface area contributed by atoms with E-state index in [9.17, 15) is 14.9 Å². The number of nitro benzene ring substituents is 1. The Balaban J connectivity index is 1.60. The summed E-state index contributed by atoms with van der Waals surface area (Å²) in [5.41, 5.74) is 2.96. The molecule has 0 unspecified atom stereocenters. The molecule has 0 saturated carbocycles. The zero-order valence-corrected chi connectivity index (χ0v) is 15.4. The minimum Gasteiger partial charge on any atom is -0.467 e. The monoisotopic (exact) mass is 391 g/mol. The van der Waals surface area contributed by atoms with Gasteiger partial charge in [-0.15, -0.1) is 0 Å². The van der Waals surface area contributed by atoms with E-state index >= 15 is 0 Å². The van der Waals surface area contributed by atoms with Gasteiger partial charge in [0.1, 0.15) is 12.4 Å². The van der Waals surface area contributed by atoms with Crippen LogP contribution in [0.1, 0.15) is 21.5 Å². The van der Waals surface area contributed by atoms with Crippen molar-refractivity contribution in [3.05, 3.63) is 93.5 Å². The Morgan fingerprint density at radius 2 is 1.83 bits per heavy atom. The molecule has 0 aromatic heterocycles. The summed E-state index contributed by atoms with van der Waals surface area (Å²) in [6.07, 6.45) is 0. The van der Waals surface area contributed by atoms with Gasteiger partial charge in [0.2, 0.25) is 0 Å². The standard InChI is InChI=1S/C22H17NO6/c24-22(20-9-5-4-8-19(20)15-6-2-1-3-7-15)28-13-17-11-18(23(25)26)10-16-12-27-14-29-21(16)17/h1-11H,12-14H2. The Morgan fingerprint density at radius 1 is 1.07 bits per heavy atom. The van der Waals surface area contributed by atoms with Crippen molar-refractivity contribution in [3.8, 4) is 16.9 Å². The number of ether oxygens (including phenoxy) is 3. The predicted octanol–water partition coefficient (Wildman–Crippen LogP) is 4.49. The second-order valence-corrected chi connectivity index (χ2v) is 6.45. The molecule has 3 aromatic rings. The van der Waals surface area contributed by atoms with Gasteiger partial charge in [-0.3, -0.25) is 10.1 Å². The number of non-ortho nitro benzene ring substituents is 1. The molecule has 0 spiro atoms. The molecule has 1 heterocycles. The molecular weight excluding hydrogens is 374 g/mol. The summed E-state index contributed by atoms with van der Waals surface area (Å²) in [5, 5.41) is 11.2. The summed E-state index contributed by atoms with van der Waals surface area (Å²) in [5.74, 6) is -0.0530. The third-order valence-corrected chi connectivity index (χ3v) is 4.57. The van der Waals surface area contributed by atoms with Crippen molar-refractivity contribution in [2.75, 3.05) is 6.79 Å². The Bertz CT molecular complexity index is 1060. The zero-order chi connectivity index (χ0) is 20.2. The molecule has 0 amide bonds. The van der Waals surface area contributed by atoms with Crippen molar-refractivity contribution < 1.29 is 23.9 Å². The second-order valence-electron chi connectivity index (χ2n) is 6.45. The van der Waals surface area contributed by atoms with Crippen LogP contribution in [0.5, 0.6) is 5.75 Å². The van der Waals surface area contributed by atoms with Gasteiger partial charge in [0.25, 0.3) is 5.69 Å². The van der Waals surface area contributed by atoms with Gasteiger partial charge in [0, 0.05) is 23.3 Å². The number of fused-ring (bicyclic) bond motifs is 1. The molecule has 146 valence electrons. The first kappa shape index (κ1) is 18.6. The van der Waals surface area contributed by atoms with Crippen molar-refractivity contribution in [2.24, 2.45) is 0 Å². The smallest absolute Gasteiger partial charge is 0.339 e. The number of nitrogens with zero attached hydrogens (tertiary/aromatic N) is 1. The number of benzene rings is 3. The lowest BCUT2D eigenvalue weighted by molar-refractivity contribution is -0.385. The van der Waals surface area contributed by atoms with E-state index in [4.69, 9.17) is 14.2 Å². The highest BCUT2D eigenvalue weighted by Crippen LogP contribution is 2.33. The van der Waals surface area contributed by atoms with Crippen molar-refractivity contribution in [2.45, 2.75) is 13.2 Å². The lowest BCUT2D eigenvalue weighted by Crippen LogP contribution is -2.15. The summed E-state index contributed by atoms with van der Waals surface area (Å²) < 4.78 is 16.2. The first-order valence-corrected chi connectivity index (χ1v) is 8.96. The van der Waals surface area contributed by atoms with Gasteiger partial charge in [-0.1, -0.05) is 48.5 Å².